The molecule has 0 fully saturated rings. The standard InChI is InChI=1S/C22H26N2O4S/c1-14-7-6-8-15(2)21(14)23-19(25)11-24(3)20(26)12-28-22(27)17-13-29-18-10-5-4-9-16(17)18/h6-8,13H,4-5,9-12H2,1-3H3,(H,23,25). The van der Waals surface area contributed by atoms with Gasteiger partial charge >= 0.3 is 5.97 Å². The number of carbonyl (C=O) groups is 3. The van der Waals surface area contributed by atoms with Gasteiger partial charge in [0.2, 0.25) is 5.91 Å². The molecule has 0 radical (unpaired) electrons. The molecule has 2 aromatic rings. The van der Waals surface area contributed by atoms with Crippen LogP contribution in [0.2, 0.25) is 0 Å². The minimum absolute atomic E-state index is 0.113. The zero-order chi connectivity index (χ0) is 21.0. The fourth-order valence-corrected chi connectivity index (χ4v) is 4.59. The number of nitrogens with zero attached hydrogens (tertiary/aromatic N) is 1. The maximum absolute atomic E-state index is 12.4. The van der Waals surface area contributed by atoms with E-state index < -0.39 is 11.9 Å². The van der Waals surface area contributed by atoms with Crippen molar-refractivity contribution < 1.29 is 19.1 Å². The Morgan fingerprint density at radius 1 is 1.14 bits per heavy atom. The quantitative estimate of drug-likeness (QED) is 0.734. The van der Waals surface area contributed by atoms with Crippen LogP contribution in [0.5, 0.6) is 0 Å². The van der Waals surface area contributed by atoms with Crippen LogP contribution >= 0.6 is 11.3 Å². The summed E-state index contributed by atoms with van der Waals surface area (Å²) in [5.74, 6) is -1.18. The van der Waals surface area contributed by atoms with E-state index in [0.717, 1.165) is 48.1 Å². The van der Waals surface area contributed by atoms with Gasteiger partial charge in [0.25, 0.3) is 5.91 Å². The summed E-state index contributed by atoms with van der Waals surface area (Å²) >= 11 is 1.58. The van der Waals surface area contributed by atoms with Crippen molar-refractivity contribution in [3.05, 3.63) is 50.7 Å². The van der Waals surface area contributed by atoms with Gasteiger partial charge in [-0.05, 0) is 56.2 Å². The summed E-state index contributed by atoms with van der Waals surface area (Å²) in [6.45, 7) is 3.34. The van der Waals surface area contributed by atoms with E-state index in [1.165, 1.54) is 16.8 Å². The molecule has 2 amide bonds. The lowest BCUT2D eigenvalue weighted by Crippen LogP contribution is -2.37. The summed E-state index contributed by atoms with van der Waals surface area (Å²) in [5, 5.41) is 4.67. The number of para-hydroxylation sites is 1. The Morgan fingerprint density at radius 3 is 2.55 bits per heavy atom. The first-order valence-corrected chi connectivity index (χ1v) is 10.6. The van der Waals surface area contributed by atoms with Crippen LogP contribution in [0.25, 0.3) is 0 Å². The van der Waals surface area contributed by atoms with Crippen molar-refractivity contribution in [1.82, 2.24) is 4.90 Å². The summed E-state index contributed by atoms with van der Waals surface area (Å²) in [4.78, 5) is 39.5. The highest BCUT2D eigenvalue weighted by molar-refractivity contribution is 7.10. The molecule has 0 saturated carbocycles. The van der Waals surface area contributed by atoms with E-state index in [9.17, 15) is 14.4 Å². The highest BCUT2D eigenvalue weighted by Crippen LogP contribution is 2.30. The number of rotatable bonds is 6. The van der Waals surface area contributed by atoms with Crippen molar-refractivity contribution in [1.29, 1.82) is 0 Å². The zero-order valence-corrected chi connectivity index (χ0v) is 17.9. The predicted octanol–water partition coefficient (Wildman–Crippen LogP) is 3.50. The molecule has 0 unspecified atom stereocenters. The van der Waals surface area contributed by atoms with Gasteiger partial charge in [-0.25, -0.2) is 4.79 Å². The zero-order valence-electron chi connectivity index (χ0n) is 17.0. The van der Waals surface area contributed by atoms with E-state index >= 15 is 0 Å². The third-order valence-electron chi connectivity index (χ3n) is 5.16. The maximum atomic E-state index is 12.4. The van der Waals surface area contributed by atoms with Gasteiger partial charge in [-0.2, -0.15) is 0 Å². The van der Waals surface area contributed by atoms with Gasteiger partial charge in [-0.15, -0.1) is 11.3 Å². The Kier molecular flexibility index (Phi) is 6.69. The first-order chi connectivity index (χ1) is 13.9. The fraction of sp³-hybridized carbons (Fsp3) is 0.409. The molecular formula is C22H26N2O4S. The molecular weight excluding hydrogens is 388 g/mol. The van der Waals surface area contributed by atoms with Crippen molar-refractivity contribution in [3.8, 4) is 0 Å². The summed E-state index contributed by atoms with van der Waals surface area (Å²) < 4.78 is 5.22. The number of carbonyl (C=O) groups excluding carboxylic acids is 3. The van der Waals surface area contributed by atoms with E-state index in [1.54, 1.807) is 11.3 Å². The second kappa shape index (κ2) is 9.22. The lowest BCUT2D eigenvalue weighted by atomic mass is 9.96. The van der Waals surface area contributed by atoms with Crippen LogP contribution in [0.15, 0.2) is 23.6 Å². The maximum Gasteiger partial charge on any atom is 0.339 e. The van der Waals surface area contributed by atoms with Gasteiger partial charge in [-0.3, -0.25) is 9.59 Å². The Hall–Kier alpha value is -2.67. The molecule has 1 aromatic heterocycles. The fourth-order valence-electron chi connectivity index (χ4n) is 3.47. The Bertz CT molecular complexity index is 915. The molecule has 1 heterocycles. The molecule has 3 rings (SSSR count). The minimum atomic E-state index is -0.467. The van der Waals surface area contributed by atoms with Crippen LogP contribution in [0.1, 0.15) is 44.8 Å². The van der Waals surface area contributed by atoms with Crippen LogP contribution in [0.4, 0.5) is 5.69 Å². The number of aryl methyl sites for hydroxylation is 3. The van der Waals surface area contributed by atoms with E-state index in [-0.39, 0.29) is 19.1 Å². The molecule has 154 valence electrons. The Balaban J connectivity index is 1.51. The van der Waals surface area contributed by atoms with E-state index in [2.05, 4.69) is 5.32 Å². The van der Waals surface area contributed by atoms with Gasteiger partial charge in [0.05, 0.1) is 12.1 Å². The monoisotopic (exact) mass is 414 g/mol. The molecule has 0 bridgehead atoms. The third kappa shape index (κ3) is 5.03. The van der Waals surface area contributed by atoms with Gasteiger partial charge in [0.15, 0.2) is 6.61 Å². The first-order valence-electron chi connectivity index (χ1n) is 9.73. The van der Waals surface area contributed by atoms with Gasteiger partial charge in [-0.1, -0.05) is 18.2 Å². The van der Waals surface area contributed by atoms with Crippen LogP contribution in [0.3, 0.4) is 0 Å². The number of fused-ring (bicyclic) bond motifs is 1. The Morgan fingerprint density at radius 2 is 1.83 bits per heavy atom. The van der Waals surface area contributed by atoms with E-state index in [0.29, 0.717) is 5.56 Å². The molecule has 29 heavy (non-hydrogen) atoms. The third-order valence-corrected chi connectivity index (χ3v) is 6.25. The first kappa shape index (κ1) is 21.0. The van der Waals surface area contributed by atoms with E-state index in [4.69, 9.17) is 4.74 Å². The summed E-state index contributed by atoms with van der Waals surface area (Å²) in [6, 6.07) is 5.76. The molecule has 0 atom stereocenters. The number of anilines is 1. The smallest absolute Gasteiger partial charge is 0.339 e. The molecule has 0 spiro atoms. The molecule has 1 aromatic carbocycles. The molecule has 0 saturated heterocycles. The van der Waals surface area contributed by atoms with Crippen LogP contribution in [-0.2, 0) is 27.2 Å². The number of esters is 1. The number of likely N-dealkylation sites (N-methyl/N-ethyl adjacent to an activating group) is 1. The largest absolute Gasteiger partial charge is 0.452 e. The number of amides is 2. The number of nitrogens with one attached hydrogen (secondary N) is 1. The molecule has 1 aliphatic carbocycles. The summed E-state index contributed by atoms with van der Waals surface area (Å²) in [5.41, 5.74) is 4.32. The van der Waals surface area contributed by atoms with Gasteiger partial charge in [0.1, 0.15) is 0 Å². The molecule has 1 N–H and O–H groups in total. The van der Waals surface area contributed by atoms with Crippen molar-refractivity contribution in [2.24, 2.45) is 0 Å². The number of ether oxygens (including phenoxy) is 1. The highest BCUT2D eigenvalue weighted by Gasteiger charge is 2.22. The van der Waals surface area contributed by atoms with Gasteiger partial charge in [0, 0.05) is 23.0 Å². The van der Waals surface area contributed by atoms with Crippen molar-refractivity contribution in [3.63, 3.8) is 0 Å². The van der Waals surface area contributed by atoms with Gasteiger partial charge < -0.3 is 15.0 Å². The van der Waals surface area contributed by atoms with Crippen LogP contribution in [0, 0.1) is 13.8 Å². The SMILES string of the molecule is Cc1cccc(C)c1NC(=O)CN(C)C(=O)COC(=O)c1csc2c1CCCC2. The number of hydrogen-bond acceptors (Lipinski definition) is 5. The van der Waals surface area contributed by atoms with Crippen molar-refractivity contribution in [2.75, 3.05) is 25.5 Å². The van der Waals surface area contributed by atoms with E-state index in [1.807, 2.05) is 37.4 Å². The highest BCUT2D eigenvalue weighted by atomic mass is 32.1. The Labute approximate surface area is 174 Å². The molecule has 0 aliphatic heterocycles. The number of hydrogen-bond donors (Lipinski definition) is 1. The van der Waals surface area contributed by atoms with Crippen molar-refractivity contribution >= 4 is 34.8 Å². The second-order valence-electron chi connectivity index (χ2n) is 7.40. The summed E-state index contributed by atoms with van der Waals surface area (Å²) in [6.07, 6.45) is 4.11. The van der Waals surface area contributed by atoms with Crippen LogP contribution in [-0.4, -0.2) is 42.9 Å². The van der Waals surface area contributed by atoms with Crippen LogP contribution < -0.4 is 5.32 Å². The number of benzene rings is 1. The normalized spacial score (nSPS) is 12.8. The van der Waals surface area contributed by atoms with Crippen molar-refractivity contribution in [2.45, 2.75) is 39.5 Å². The second-order valence-corrected chi connectivity index (χ2v) is 8.36. The summed E-state index contributed by atoms with van der Waals surface area (Å²) in [7, 11) is 1.52. The topological polar surface area (TPSA) is 75.7 Å². The lowest BCUT2D eigenvalue weighted by molar-refractivity contribution is -0.136. The number of thiophene rings is 1. The molecule has 6 nitrogen and oxygen atoms in total. The molecule has 1 aliphatic rings. The predicted molar refractivity (Wildman–Crippen MR) is 113 cm³/mol. The minimum Gasteiger partial charge on any atom is -0.452 e. The average molecular weight is 415 g/mol. The lowest BCUT2D eigenvalue weighted by Gasteiger charge is -2.18. The average Bonchev–Trinajstić information content (AvgIpc) is 3.13. The molecule has 7 heteroatoms.